The topological polar surface area (TPSA) is 144 Å². The van der Waals surface area contributed by atoms with Crippen LogP contribution in [0.15, 0.2) is 42.6 Å². The highest BCUT2D eigenvalue weighted by molar-refractivity contribution is 6.31. The van der Waals surface area contributed by atoms with Gasteiger partial charge in [0.05, 0.1) is 28.3 Å². The molecule has 5 rings (SSSR count). The monoisotopic (exact) mass is 590 g/mol. The van der Waals surface area contributed by atoms with Crippen LogP contribution in [0, 0.1) is 0 Å². The minimum atomic E-state index is -4.71. The van der Waals surface area contributed by atoms with Gasteiger partial charge in [-0.05, 0) is 51.1 Å². The third-order valence-corrected chi connectivity index (χ3v) is 6.85. The van der Waals surface area contributed by atoms with E-state index in [1.807, 2.05) is 18.2 Å². The highest BCUT2D eigenvalue weighted by atomic mass is 35.5. The molecular formula is C26H26ClF3N8O3. The number of benzene rings is 2. The number of likely N-dealkylation sites (tertiary alicyclic amines) is 1. The van der Waals surface area contributed by atoms with Gasteiger partial charge in [0.1, 0.15) is 17.3 Å². The lowest BCUT2D eigenvalue weighted by molar-refractivity contribution is -0.137. The fourth-order valence-electron chi connectivity index (χ4n) is 4.61. The van der Waals surface area contributed by atoms with Gasteiger partial charge in [-0.3, -0.25) is 14.8 Å². The van der Waals surface area contributed by atoms with E-state index in [0.717, 1.165) is 28.6 Å². The van der Waals surface area contributed by atoms with Crippen molar-refractivity contribution in [2.45, 2.75) is 51.1 Å². The van der Waals surface area contributed by atoms with Crippen LogP contribution in [0.2, 0.25) is 5.02 Å². The minimum absolute atomic E-state index is 0.0559. The molecule has 0 radical (unpaired) electrons. The second-order valence-electron chi connectivity index (χ2n) is 10.7. The van der Waals surface area contributed by atoms with Crippen LogP contribution in [0.4, 0.5) is 29.5 Å². The van der Waals surface area contributed by atoms with E-state index in [2.05, 4.69) is 25.8 Å². The number of nitrogens with zero attached hydrogens (tertiary/aromatic N) is 5. The average Bonchev–Trinajstić information content (AvgIpc) is 3.62. The van der Waals surface area contributed by atoms with Crippen molar-refractivity contribution in [2.24, 2.45) is 0 Å². The van der Waals surface area contributed by atoms with Crippen LogP contribution in [-0.2, 0) is 15.7 Å². The number of rotatable bonds is 4. The maximum absolute atomic E-state index is 13.3. The van der Waals surface area contributed by atoms with Gasteiger partial charge >= 0.3 is 12.3 Å². The predicted octanol–water partition coefficient (Wildman–Crippen LogP) is 5.27. The number of nitrogens with two attached hydrogens (primary N) is 1. The number of aromatic amines is 1. The number of carbonyl (C=O) groups excluding carboxylic acids is 2. The molecule has 4 N–H and O–H groups in total. The molecule has 1 aliphatic heterocycles. The minimum Gasteiger partial charge on any atom is -0.444 e. The molecule has 0 saturated carbocycles. The van der Waals surface area contributed by atoms with Crippen LogP contribution >= 0.6 is 11.6 Å². The zero-order chi connectivity index (χ0) is 29.7. The van der Waals surface area contributed by atoms with Crippen molar-refractivity contribution >= 4 is 46.0 Å². The fourth-order valence-corrected chi connectivity index (χ4v) is 4.83. The van der Waals surface area contributed by atoms with Crippen LogP contribution in [0.1, 0.15) is 38.8 Å². The molecule has 0 unspecified atom stereocenters. The van der Waals surface area contributed by atoms with Crippen LogP contribution in [-0.4, -0.2) is 60.3 Å². The molecule has 11 nitrogen and oxygen atoms in total. The normalized spacial score (nSPS) is 17.7. The summed E-state index contributed by atoms with van der Waals surface area (Å²) in [6, 6.07) is 6.98. The quantitative estimate of drug-likeness (QED) is 0.294. The van der Waals surface area contributed by atoms with Crippen molar-refractivity contribution in [3.63, 3.8) is 0 Å². The molecule has 41 heavy (non-hydrogen) atoms. The summed E-state index contributed by atoms with van der Waals surface area (Å²) in [6.45, 7) is 5.12. The average molecular weight is 591 g/mol. The highest BCUT2D eigenvalue weighted by Crippen LogP contribution is 2.37. The van der Waals surface area contributed by atoms with Crippen LogP contribution < -0.4 is 11.1 Å². The molecule has 4 aromatic rings. The molecule has 1 fully saturated rings. The molecule has 0 aliphatic carbocycles. The largest absolute Gasteiger partial charge is 0.444 e. The number of hydrogen-bond donors (Lipinski definition) is 3. The number of H-pyrrole nitrogens is 1. The number of aromatic nitrogens is 5. The Morgan fingerprint density at radius 1 is 1.17 bits per heavy atom. The number of ether oxygens (including phenoxy) is 1. The SMILES string of the molecule is CC(C)(C)OC(=O)N1C[C@@H](n2cc(-c3ccc4c(N)n[nH]c4c3)nn2)C[C@H]1C(=O)Nc1ccc(Cl)c(C(F)(F)F)c1. The van der Waals surface area contributed by atoms with Gasteiger partial charge in [-0.1, -0.05) is 22.9 Å². The predicted molar refractivity (Wildman–Crippen MR) is 145 cm³/mol. The molecule has 0 bridgehead atoms. The lowest BCUT2D eigenvalue weighted by Gasteiger charge is -2.28. The van der Waals surface area contributed by atoms with Gasteiger partial charge in [0.15, 0.2) is 5.82 Å². The number of alkyl halides is 3. The molecular weight excluding hydrogens is 565 g/mol. The van der Waals surface area contributed by atoms with Crippen LogP contribution in [0.5, 0.6) is 0 Å². The zero-order valence-electron chi connectivity index (χ0n) is 22.2. The maximum Gasteiger partial charge on any atom is 0.417 e. The summed E-state index contributed by atoms with van der Waals surface area (Å²) in [5, 5.41) is 18.1. The van der Waals surface area contributed by atoms with Gasteiger partial charge in [0.25, 0.3) is 0 Å². The van der Waals surface area contributed by atoms with E-state index in [4.69, 9.17) is 22.1 Å². The van der Waals surface area contributed by atoms with E-state index in [1.165, 1.54) is 11.0 Å². The van der Waals surface area contributed by atoms with Crippen molar-refractivity contribution in [2.75, 3.05) is 17.6 Å². The Morgan fingerprint density at radius 2 is 1.93 bits per heavy atom. The van der Waals surface area contributed by atoms with Gasteiger partial charge in [0.2, 0.25) is 5.91 Å². The molecule has 2 amide bonds. The van der Waals surface area contributed by atoms with Gasteiger partial charge in [0, 0.05) is 29.6 Å². The van der Waals surface area contributed by atoms with E-state index in [1.54, 1.807) is 31.6 Å². The second kappa shape index (κ2) is 10.3. The molecule has 216 valence electrons. The summed E-state index contributed by atoms with van der Waals surface area (Å²) in [5.74, 6) is -0.308. The molecule has 2 aromatic heterocycles. The summed E-state index contributed by atoms with van der Waals surface area (Å²) in [7, 11) is 0. The van der Waals surface area contributed by atoms with E-state index in [0.29, 0.717) is 11.5 Å². The molecule has 2 aromatic carbocycles. The van der Waals surface area contributed by atoms with Gasteiger partial charge in [-0.15, -0.1) is 5.10 Å². The molecule has 2 atom stereocenters. The summed E-state index contributed by atoms with van der Waals surface area (Å²) in [5.41, 5.74) is 5.80. The highest BCUT2D eigenvalue weighted by Gasteiger charge is 2.43. The van der Waals surface area contributed by atoms with Crippen LogP contribution in [0.3, 0.4) is 0 Å². The summed E-state index contributed by atoms with van der Waals surface area (Å²) in [4.78, 5) is 27.7. The molecule has 1 aliphatic rings. The Labute approximate surface area is 236 Å². The smallest absolute Gasteiger partial charge is 0.417 e. The lowest BCUT2D eigenvalue weighted by Crippen LogP contribution is -2.45. The number of amides is 2. The Balaban J connectivity index is 1.39. The lowest BCUT2D eigenvalue weighted by atomic mass is 10.1. The fraction of sp³-hybridized carbons (Fsp3) is 0.346. The first-order valence-electron chi connectivity index (χ1n) is 12.5. The van der Waals surface area contributed by atoms with E-state index < -0.39 is 46.4 Å². The van der Waals surface area contributed by atoms with Gasteiger partial charge < -0.3 is 15.8 Å². The number of anilines is 2. The van der Waals surface area contributed by atoms with Gasteiger partial charge in [-0.25, -0.2) is 9.48 Å². The van der Waals surface area contributed by atoms with Gasteiger partial charge in [-0.2, -0.15) is 18.3 Å². The third kappa shape index (κ3) is 5.92. The number of halogens is 4. The Morgan fingerprint density at radius 3 is 2.63 bits per heavy atom. The standard InChI is InChI=1S/C26H26ClF3N8O3/c1-25(2,3)41-24(40)37-11-15(10-21(37)23(39)32-14-5-7-18(27)17(9-14)26(28,29)30)38-12-20(34-36-38)13-4-6-16-19(8-13)33-35-22(16)31/h4-9,12,15,21H,10-11H2,1-3H3,(H,32,39)(H3,31,33,35)/t15-,21-/m0/s1. The zero-order valence-corrected chi connectivity index (χ0v) is 22.9. The van der Waals surface area contributed by atoms with Crippen LogP contribution in [0.25, 0.3) is 22.2 Å². The van der Waals surface area contributed by atoms with Crippen molar-refractivity contribution in [1.29, 1.82) is 0 Å². The Hall–Kier alpha value is -4.33. The Bertz CT molecular complexity index is 1630. The van der Waals surface area contributed by atoms with E-state index >= 15 is 0 Å². The van der Waals surface area contributed by atoms with E-state index in [-0.39, 0.29) is 18.7 Å². The van der Waals surface area contributed by atoms with Crippen molar-refractivity contribution in [3.05, 3.63) is 53.2 Å². The first-order chi connectivity index (χ1) is 19.2. The first kappa shape index (κ1) is 28.2. The third-order valence-electron chi connectivity index (χ3n) is 6.52. The second-order valence-corrected chi connectivity index (χ2v) is 11.1. The molecule has 1 saturated heterocycles. The number of carbonyl (C=O) groups is 2. The van der Waals surface area contributed by atoms with Crippen molar-refractivity contribution < 1.29 is 27.5 Å². The number of fused-ring (bicyclic) bond motifs is 1. The van der Waals surface area contributed by atoms with E-state index in [9.17, 15) is 22.8 Å². The number of nitrogens with one attached hydrogen (secondary N) is 2. The Kier molecular flexibility index (Phi) is 7.05. The molecule has 15 heteroatoms. The summed E-state index contributed by atoms with van der Waals surface area (Å²) >= 11 is 5.71. The van der Waals surface area contributed by atoms with Crippen molar-refractivity contribution in [3.8, 4) is 11.3 Å². The van der Waals surface area contributed by atoms with Crippen molar-refractivity contribution in [1.82, 2.24) is 30.1 Å². The molecule has 3 heterocycles. The number of hydrogen-bond acceptors (Lipinski definition) is 7. The first-order valence-corrected chi connectivity index (χ1v) is 12.9. The summed E-state index contributed by atoms with van der Waals surface area (Å²) in [6.07, 6.45) is -3.65. The number of nitrogen functional groups attached to an aromatic ring is 1. The summed E-state index contributed by atoms with van der Waals surface area (Å²) < 4.78 is 47.1. The molecule has 0 spiro atoms. The maximum atomic E-state index is 13.3.